The van der Waals surface area contributed by atoms with Gasteiger partial charge in [-0.05, 0) is 30.2 Å². The number of rotatable bonds is 4. The molecule has 18 heavy (non-hydrogen) atoms. The Balaban J connectivity index is 0.00000162. The van der Waals surface area contributed by atoms with Crippen molar-refractivity contribution in [2.45, 2.75) is 20.0 Å². The van der Waals surface area contributed by atoms with Crippen LogP contribution in [0.25, 0.3) is 0 Å². The number of aryl methyl sites for hydroxylation is 1. The largest absolute Gasteiger partial charge is 0.309 e. The Bertz CT molecular complexity index is 482. The fourth-order valence-corrected chi connectivity index (χ4v) is 2.15. The molecule has 0 atom stereocenters. The van der Waals surface area contributed by atoms with Crippen molar-refractivity contribution >= 4 is 28.3 Å². The Labute approximate surface area is 123 Å². The molecule has 96 valence electrons. The molecular weight excluding hydrogens is 310 g/mol. The maximum Gasteiger partial charge on any atom is 0.0209 e. The predicted octanol–water partition coefficient (Wildman–Crippen LogP) is 4.47. The highest BCUT2D eigenvalue weighted by Gasteiger charge is 1.95. The van der Waals surface area contributed by atoms with E-state index in [1.54, 1.807) is 0 Å². The minimum absolute atomic E-state index is 0. The molecule has 1 N–H and O–H groups in total. The summed E-state index contributed by atoms with van der Waals surface area (Å²) in [7, 11) is 0. The van der Waals surface area contributed by atoms with Crippen LogP contribution in [0.5, 0.6) is 0 Å². The second-order valence-corrected chi connectivity index (χ2v) is 5.13. The number of benzene rings is 2. The third kappa shape index (κ3) is 4.81. The monoisotopic (exact) mass is 325 g/mol. The smallest absolute Gasteiger partial charge is 0.0209 e. The van der Waals surface area contributed by atoms with E-state index in [0.717, 1.165) is 17.6 Å². The SMILES string of the molecule is Cc1ccc(CNCc2cccc(Br)c2)cc1.Cl. The average Bonchev–Trinajstić information content (AvgIpc) is 2.32. The molecule has 0 fully saturated rings. The van der Waals surface area contributed by atoms with Crippen LogP contribution in [0.15, 0.2) is 53.0 Å². The van der Waals surface area contributed by atoms with E-state index in [0.29, 0.717) is 0 Å². The van der Waals surface area contributed by atoms with Crippen LogP contribution in [-0.4, -0.2) is 0 Å². The van der Waals surface area contributed by atoms with Crippen molar-refractivity contribution in [3.8, 4) is 0 Å². The van der Waals surface area contributed by atoms with Crippen LogP contribution in [0.2, 0.25) is 0 Å². The molecule has 0 aliphatic rings. The minimum atomic E-state index is 0. The molecule has 0 saturated heterocycles. The van der Waals surface area contributed by atoms with Crippen LogP contribution in [0.4, 0.5) is 0 Å². The lowest BCUT2D eigenvalue weighted by atomic mass is 10.1. The molecule has 2 rings (SSSR count). The summed E-state index contributed by atoms with van der Waals surface area (Å²) in [5.74, 6) is 0. The van der Waals surface area contributed by atoms with E-state index in [4.69, 9.17) is 0 Å². The van der Waals surface area contributed by atoms with Crippen LogP contribution in [-0.2, 0) is 13.1 Å². The van der Waals surface area contributed by atoms with Crippen molar-refractivity contribution in [1.82, 2.24) is 5.32 Å². The summed E-state index contributed by atoms with van der Waals surface area (Å²) in [5.41, 5.74) is 3.93. The molecular formula is C15H17BrClN. The minimum Gasteiger partial charge on any atom is -0.309 e. The molecule has 0 aliphatic heterocycles. The molecule has 0 aliphatic carbocycles. The highest BCUT2D eigenvalue weighted by molar-refractivity contribution is 9.10. The zero-order valence-corrected chi connectivity index (χ0v) is 12.7. The molecule has 0 unspecified atom stereocenters. The van der Waals surface area contributed by atoms with E-state index in [9.17, 15) is 0 Å². The van der Waals surface area contributed by atoms with E-state index >= 15 is 0 Å². The van der Waals surface area contributed by atoms with Crippen LogP contribution in [0, 0.1) is 6.92 Å². The van der Waals surface area contributed by atoms with Crippen molar-refractivity contribution in [3.63, 3.8) is 0 Å². The average molecular weight is 327 g/mol. The van der Waals surface area contributed by atoms with Gasteiger partial charge in [-0.3, -0.25) is 0 Å². The first-order valence-corrected chi connectivity index (χ1v) is 6.54. The molecule has 0 heterocycles. The van der Waals surface area contributed by atoms with E-state index in [-0.39, 0.29) is 12.4 Å². The lowest BCUT2D eigenvalue weighted by Crippen LogP contribution is -2.12. The standard InChI is InChI=1S/C15H16BrN.ClH/c1-12-5-7-13(8-6-12)10-17-11-14-3-2-4-15(16)9-14;/h2-9,17H,10-11H2,1H3;1H. The summed E-state index contributed by atoms with van der Waals surface area (Å²) in [6, 6.07) is 17.0. The highest BCUT2D eigenvalue weighted by atomic mass is 79.9. The summed E-state index contributed by atoms with van der Waals surface area (Å²) in [4.78, 5) is 0. The maximum atomic E-state index is 3.48. The van der Waals surface area contributed by atoms with Gasteiger partial charge in [-0.15, -0.1) is 12.4 Å². The Morgan fingerprint density at radius 1 is 0.944 bits per heavy atom. The van der Waals surface area contributed by atoms with E-state index in [1.165, 1.54) is 16.7 Å². The highest BCUT2D eigenvalue weighted by Crippen LogP contribution is 2.11. The van der Waals surface area contributed by atoms with Gasteiger partial charge < -0.3 is 5.32 Å². The Morgan fingerprint density at radius 3 is 2.28 bits per heavy atom. The maximum absolute atomic E-state index is 3.48. The molecule has 0 amide bonds. The summed E-state index contributed by atoms with van der Waals surface area (Å²) in [5, 5.41) is 3.44. The first-order chi connectivity index (χ1) is 8.24. The van der Waals surface area contributed by atoms with Gasteiger partial charge in [0.1, 0.15) is 0 Å². The van der Waals surface area contributed by atoms with Crippen molar-refractivity contribution in [3.05, 3.63) is 69.7 Å². The zero-order chi connectivity index (χ0) is 12.1. The fourth-order valence-electron chi connectivity index (χ4n) is 1.70. The van der Waals surface area contributed by atoms with Gasteiger partial charge in [-0.2, -0.15) is 0 Å². The van der Waals surface area contributed by atoms with Gasteiger partial charge in [0.25, 0.3) is 0 Å². The fraction of sp³-hybridized carbons (Fsp3) is 0.200. The van der Waals surface area contributed by atoms with Gasteiger partial charge in [-0.1, -0.05) is 57.9 Å². The molecule has 0 saturated carbocycles. The number of hydrogen-bond donors (Lipinski definition) is 1. The summed E-state index contributed by atoms with van der Waals surface area (Å²) < 4.78 is 1.13. The lowest BCUT2D eigenvalue weighted by molar-refractivity contribution is 0.693. The van der Waals surface area contributed by atoms with E-state index in [2.05, 4.69) is 70.6 Å². The second-order valence-electron chi connectivity index (χ2n) is 4.22. The van der Waals surface area contributed by atoms with Crippen LogP contribution in [0.1, 0.15) is 16.7 Å². The second kappa shape index (κ2) is 7.57. The van der Waals surface area contributed by atoms with Crippen LogP contribution < -0.4 is 5.32 Å². The van der Waals surface area contributed by atoms with Crippen molar-refractivity contribution in [2.24, 2.45) is 0 Å². The summed E-state index contributed by atoms with van der Waals surface area (Å²) in [6.45, 7) is 3.92. The van der Waals surface area contributed by atoms with Gasteiger partial charge in [0, 0.05) is 17.6 Å². The van der Waals surface area contributed by atoms with Gasteiger partial charge in [0.2, 0.25) is 0 Å². The number of nitrogens with one attached hydrogen (secondary N) is 1. The molecule has 2 aromatic carbocycles. The molecule has 0 aromatic heterocycles. The van der Waals surface area contributed by atoms with Crippen LogP contribution in [0.3, 0.4) is 0 Å². The Morgan fingerprint density at radius 2 is 1.61 bits per heavy atom. The van der Waals surface area contributed by atoms with Gasteiger partial charge >= 0.3 is 0 Å². The summed E-state index contributed by atoms with van der Waals surface area (Å²) in [6.07, 6.45) is 0. The van der Waals surface area contributed by atoms with E-state index in [1.807, 2.05) is 6.07 Å². The Hall–Kier alpha value is -0.830. The number of halogens is 2. The topological polar surface area (TPSA) is 12.0 Å². The third-order valence-electron chi connectivity index (χ3n) is 2.67. The van der Waals surface area contributed by atoms with Gasteiger partial charge in [-0.25, -0.2) is 0 Å². The molecule has 1 nitrogen and oxygen atoms in total. The molecule has 2 aromatic rings. The van der Waals surface area contributed by atoms with Crippen molar-refractivity contribution < 1.29 is 0 Å². The van der Waals surface area contributed by atoms with E-state index < -0.39 is 0 Å². The molecule has 0 bridgehead atoms. The zero-order valence-electron chi connectivity index (χ0n) is 10.3. The van der Waals surface area contributed by atoms with Gasteiger partial charge in [0.15, 0.2) is 0 Å². The van der Waals surface area contributed by atoms with Crippen LogP contribution >= 0.6 is 28.3 Å². The summed E-state index contributed by atoms with van der Waals surface area (Å²) >= 11 is 3.48. The number of hydrogen-bond acceptors (Lipinski definition) is 1. The first-order valence-electron chi connectivity index (χ1n) is 5.75. The molecule has 0 spiro atoms. The quantitative estimate of drug-likeness (QED) is 0.874. The third-order valence-corrected chi connectivity index (χ3v) is 3.16. The van der Waals surface area contributed by atoms with Gasteiger partial charge in [0.05, 0.1) is 0 Å². The van der Waals surface area contributed by atoms with Crippen molar-refractivity contribution in [1.29, 1.82) is 0 Å². The predicted molar refractivity (Wildman–Crippen MR) is 83.1 cm³/mol. The lowest BCUT2D eigenvalue weighted by Gasteiger charge is -2.06. The Kier molecular flexibility index (Phi) is 6.41. The first kappa shape index (κ1) is 15.2. The molecule has 0 radical (unpaired) electrons. The van der Waals surface area contributed by atoms with Crippen molar-refractivity contribution in [2.75, 3.05) is 0 Å². The molecule has 3 heteroatoms. The normalized spacial score (nSPS) is 9.89.